The van der Waals surface area contributed by atoms with Crippen molar-refractivity contribution >= 4 is 38.4 Å². The van der Waals surface area contributed by atoms with E-state index in [0.29, 0.717) is 12.8 Å². The zero-order valence-corrected chi connectivity index (χ0v) is 14.9. The molecule has 3 unspecified atom stereocenters. The molecule has 0 N–H and O–H groups in total. The Morgan fingerprint density at radius 1 is 1.50 bits per heavy atom. The second-order valence-electron chi connectivity index (χ2n) is 4.95. The van der Waals surface area contributed by atoms with Crippen molar-refractivity contribution in [3.8, 4) is 0 Å². The van der Waals surface area contributed by atoms with Crippen molar-refractivity contribution in [2.45, 2.75) is 31.1 Å². The third-order valence-corrected chi connectivity index (χ3v) is 5.05. The van der Waals surface area contributed by atoms with Crippen LogP contribution in [0.1, 0.15) is 25.3 Å². The van der Waals surface area contributed by atoms with E-state index in [-0.39, 0.29) is 12.7 Å². The largest absolute Gasteiger partial charge is 0.465 e. The number of oxime groups is 1. The van der Waals surface area contributed by atoms with E-state index < -0.39 is 22.0 Å². The quantitative estimate of drug-likeness (QED) is 0.703. The molecule has 0 aliphatic carbocycles. The lowest BCUT2D eigenvalue weighted by Gasteiger charge is -2.15. The Morgan fingerprint density at radius 2 is 2.18 bits per heavy atom. The van der Waals surface area contributed by atoms with Crippen LogP contribution in [0.25, 0.3) is 0 Å². The van der Waals surface area contributed by atoms with Gasteiger partial charge in [-0.25, -0.2) is 0 Å². The monoisotopic (exact) mass is 387 g/mol. The highest BCUT2D eigenvalue weighted by molar-refractivity contribution is 9.10. The van der Waals surface area contributed by atoms with Gasteiger partial charge in [0.25, 0.3) is 0 Å². The van der Waals surface area contributed by atoms with Crippen LogP contribution in [0.5, 0.6) is 0 Å². The van der Waals surface area contributed by atoms with Gasteiger partial charge in [0, 0.05) is 34.4 Å². The number of hydrogen-bond donors (Lipinski definition) is 0. The molecule has 22 heavy (non-hydrogen) atoms. The van der Waals surface area contributed by atoms with Gasteiger partial charge in [-0.3, -0.25) is 9.00 Å². The summed E-state index contributed by atoms with van der Waals surface area (Å²) in [6.45, 7) is 2.01. The molecule has 0 fully saturated rings. The van der Waals surface area contributed by atoms with Crippen LogP contribution in [0.2, 0.25) is 0 Å². The van der Waals surface area contributed by atoms with E-state index in [2.05, 4.69) is 21.1 Å². The smallest absolute Gasteiger partial charge is 0.321 e. The highest BCUT2D eigenvalue weighted by Crippen LogP contribution is 2.23. The van der Waals surface area contributed by atoms with Crippen LogP contribution >= 0.6 is 15.9 Å². The lowest BCUT2D eigenvalue weighted by molar-refractivity contribution is -0.143. The minimum atomic E-state index is -1.30. The van der Waals surface area contributed by atoms with Crippen molar-refractivity contribution in [1.82, 2.24) is 0 Å². The number of carbonyl (C=O) groups excluding carboxylic acids is 1. The Labute approximate surface area is 140 Å². The Balaban J connectivity index is 1.97. The molecule has 120 valence electrons. The van der Waals surface area contributed by atoms with E-state index in [0.717, 1.165) is 15.7 Å². The number of ether oxygens (including phenoxy) is 1. The first-order valence-corrected chi connectivity index (χ1v) is 9.40. The molecule has 1 heterocycles. The predicted octanol–water partition coefficient (Wildman–Crippen LogP) is 2.64. The number of nitrogens with zero attached hydrogens (tertiary/aromatic N) is 1. The molecule has 0 amide bonds. The van der Waals surface area contributed by atoms with E-state index in [4.69, 9.17) is 9.57 Å². The minimum absolute atomic E-state index is 0.253. The summed E-state index contributed by atoms with van der Waals surface area (Å²) in [6, 6.07) is 7.78. The summed E-state index contributed by atoms with van der Waals surface area (Å²) in [7, 11) is -1.30. The lowest BCUT2D eigenvalue weighted by atomic mass is 10.0. The van der Waals surface area contributed by atoms with Crippen molar-refractivity contribution in [2.75, 3.05) is 12.9 Å². The first-order chi connectivity index (χ1) is 10.5. The van der Waals surface area contributed by atoms with Gasteiger partial charge >= 0.3 is 5.97 Å². The molecule has 1 aliphatic heterocycles. The maximum absolute atomic E-state index is 11.8. The molecule has 0 bridgehead atoms. The Hall–Kier alpha value is -1.21. The zero-order chi connectivity index (χ0) is 16.1. The summed E-state index contributed by atoms with van der Waals surface area (Å²) < 4.78 is 17.7. The van der Waals surface area contributed by atoms with Crippen LogP contribution in [0, 0.1) is 0 Å². The van der Waals surface area contributed by atoms with Gasteiger partial charge in [-0.2, -0.15) is 0 Å². The summed E-state index contributed by atoms with van der Waals surface area (Å²) in [5.74, 6) is -0.441. The number of halogens is 1. The topological polar surface area (TPSA) is 65.0 Å². The van der Waals surface area contributed by atoms with E-state index in [1.54, 1.807) is 6.92 Å². The molecule has 0 saturated carbocycles. The molecule has 0 spiro atoms. The van der Waals surface area contributed by atoms with Crippen LogP contribution in [0.4, 0.5) is 0 Å². The second kappa shape index (κ2) is 7.87. The van der Waals surface area contributed by atoms with Crippen molar-refractivity contribution in [2.24, 2.45) is 5.16 Å². The SMILES string of the molecule is CCOC(=O)C(CC1CC(c2ccc(Br)cc2)=NO1)S(C)=O. The van der Waals surface area contributed by atoms with E-state index >= 15 is 0 Å². The molecule has 1 aromatic carbocycles. The number of rotatable bonds is 6. The van der Waals surface area contributed by atoms with E-state index in [1.807, 2.05) is 24.3 Å². The molecular weight excluding hydrogens is 370 g/mol. The van der Waals surface area contributed by atoms with Gasteiger partial charge in [0.05, 0.1) is 12.3 Å². The van der Waals surface area contributed by atoms with Crippen molar-refractivity contribution in [1.29, 1.82) is 0 Å². The van der Waals surface area contributed by atoms with Gasteiger partial charge in [-0.15, -0.1) is 0 Å². The summed E-state index contributed by atoms with van der Waals surface area (Å²) in [6.07, 6.45) is 2.18. The van der Waals surface area contributed by atoms with E-state index in [9.17, 15) is 9.00 Å². The minimum Gasteiger partial charge on any atom is -0.465 e. The van der Waals surface area contributed by atoms with Gasteiger partial charge in [0.15, 0.2) is 0 Å². The maximum atomic E-state index is 11.8. The van der Waals surface area contributed by atoms with Crippen LogP contribution < -0.4 is 0 Å². The van der Waals surface area contributed by atoms with Crippen molar-refractivity contribution in [3.63, 3.8) is 0 Å². The van der Waals surface area contributed by atoms with Gasteiger partial charge in [-0.1, -0.05) is 33.2 Å². The molecule has 7 heteroatoms. The van der Waals surface area contributed by atoms with Crippen LogP contribution in [-0.4, -0.2) is 40.1 Å². The third-order valence-electron chi connectivity index (χ3n) is 3.34. The van der Waals surface area contributed by atoms with Crippen LogP contribution in [-0.2, 0) is 25.2 Å². The zero-order valence-electron chi connectivity index (χ0n) is 12.5. The van der Waals surface area contributed by atoms with Crippen LogP contribution in [0.15, 0.2) is 33.9 Å². The Kier molecular flexibility index (Phi) is 6.14. The number of esters is 1. The fourth-order valence-electron chi connectivity index (χ4n) is 2.21. The molecule has 2 rings (SSSR count). The highest BCUT2D eigenvalue weighted by Gasteiger charge is 2.32. The summed E-state index contributed by atoms with van der Waals surface area (Å²) in [4.78, 5) is 17.2. The predicted molar refractivity (Wildman–Crippen MR) is 89.3 cm³/mol. The standard InChI is InChI=1S/C15H18BrNO4S/c1-3-20-15(18)14(22(2)19)9-12-8-13(17-21-12)10-4-6-11(16)7-5-10/h4-7,12,14H,3,8-9H2,1-2H3. The fraction of sp³-hybridized carbons (Fsp3) is 0.467. The Bertz CT molecular complexity index is 588. The number of benzene rings is 1. The molecule has 0 saturated heterocycles. The van der Waals surface area contributed by atoms with Crippen molar-refractivity contribution in [3.05, 3.63) is 34.3 Å². The molecule has 1 aromatic rings. The number of carbonyl (C=O) groups is 1. The normalized spacial score (nSPS) is 20.0. The molecule has 0 aromatic heterocycles. The van der Waals surface area contributed by atoms with Crippen LogP contribution in [0.3, 0.4) is 0 Å². The molecule has 3 atom stereocenters. The average Bonchev–Trinajstić information content (AvgIpc) is 2.94. The summed E-state index contributed by atoms with van der Waals surface area (Å²) in [5.41, 5.74) is 1.82. The lowest BCUT2D eigenvalue weighted by Crippen LogP contribution is -2.31. The third kappa shape index (κ3) is 4.39. The molecule has 5 nitrogen and oxygen atoms in total. The van der Waals surface area contributed by atoms with Gasteiger partial charge < -0.3 is 9.57 Å². The first kappa shape index (κ1) is 17.1. The fourth-order valence-corrected chi connectivity index (χ4v) is 3.30. The second-order valence-corrected chi connectivity index (χ2v) is 7.43. The highest BCUT2D eigenvalue weighted by atomic mass is 79.9. The van der Waals surface area contributed by atoms with Gasteiger partial charge in [0.1, 0.15) is 11.4 Å². The molecule has 0 radical (unpaired) electrons. The summed E-state index contributed by atoms with van der Waals surface area (Å²) in [5, 5.41) is 3.41. The first-order valence-electron chi connectivity index (χ1n) is 6.98. The molecule has 1 aliphatic rings. The maximum Gasteiger partial charge on any atom is 0.321 e. The Morgan fingerprint density at radius 3 is 2.77 bits per heavy atom. The number of hydrogen-bond acceptors (Lipinski definition) is 5. The van der Waals surface area contributed by atoms with Gasteiger partial charge in [-0.05, 0) is 24.6 Å². The average molecular weight is 388 g/mol. The summed E-state index contributed by atoms with van der Waals surface area (Å²) >= 11 is 3.39. The van der Waals surface area contributed by atoms with E-state index in [1.165, 1.54) is 6.26 Å². The van der Waals surface area contributed by atoms with Gasteiger partial charge in [0.2, 0.25) is 0 Å². The van der Waals surface area contributed by atoms with Crippen molar-refractivity contribution < 1.29 is 18.6 Å². The molecular formula is C15H18BrNO4S.